The second kappa shape index (κ2) is 8.05. The van der Waals surface area contributed by atoms with Crippen LogP contribution in [0.3, 0.4) is 0 Å². The molecule has 2 aliphatic rings. The number of halogens is 3. The van der Waals surface area contributed by atoms with Gasteiger partial charge in [0.2, 0.25) is 11.8 Å². The average Bonchev–Trinajstić information content (AvgIpc) is 2.98. The van der Waals surface area contributed by atoms with Crippen LogP contribution in [0, 0.1) is 11.8 Å². The first-order valence-corrected chi connectivity index (χ1v) is 8.61. The molecule has 1 unspecified atom stereocenters. The van der Waals surface area contributed by atoms with Crippen LogP contribution in [0.5, 0.6) is 0 Å². The number of ether oxygens (including phenoxy) is 1. The molecule has 1 aromatic rings. The fourth-order valence-electron chi connectivity index (χ4n) is 3.23. The highest BCUT2D eigenvalue weighted by Crippen LogP contribution is 2.36. The van der Waals surface area contributed by atoms with E-state index in [0.29, 0.717) is 6.29 Å². The van der Waals surface area contributed by atoms with Crippen LogP contribution in [0.25, 0.3) is 0 Å². The predicted molar refractivity (Wildman–Crippen MR) is 91.3 cm³/mol. The fraction of sp³-hybridized carbons (Fsp3) is 0.368. The molecule has 0 bridgehead atoms. The van der Waals surface area contributed by atoms with E-state index in [9.17, 15) is 32.3 Å². The first-order chi connectivity index (χ1) is 13.7. The average molecular weight is 408 g/mol. The van der Waals surface area contributed by atoms with Crippen LogP contribution in [-0.2, 0) is 31.8 Å². The van der Waals surface area contributed by atoms with E-state index < -0.39 is 35.5 Å². The summed E-state index contributed by atoms with van der Waals surface area (Å²) in [5, 5.41) is 2.13. The Bertz CT molecular complexity index is 946. The Hall–Kier alpha value is -3.19. The molecule has 10 heteroatoms. The highest BCUT2D eigenvalue weighted by atomic mass is 19.4. The lowest BCUT2D eigenvalue weighted by Gasteiger charge is -2.29. The maximum Gasteiger partial charge on any atom is 0.416 e. The van der Waals surface area contributed by atoms with Gasteiger partial charge in [0.25, 0.3) is 5.91 Å². The van der Waals surface area contributed by atoms with Crippen molar-refractivity contribution < 1.29 is 37.1 Å². The molecule has 152 valence electrons. The van der Waals surface area contributed by atoms with Crippen LogP contribution in [0.1, 0.15) is 39.9 Å². The Morgan fingerprint density at radius 1 is 1.28 bits per heavy atom. The highest BCUT2D eigenvalue weighted by molar-refractivity contribution is 6.05. The number of carbonyl (C=O) groups is 4. The van der Waals surface area contributed by atoms with Crippen molar-refractivity contribution in [3.05, 3.63) is 34.4 Å². The smallest absolute Gasteiger partial charge is 0.361 e. The Morgan fingerprint density at radius 3 is 2.69 bits per heavy atom. The van der Waals surface area contributed by atoms with Crippen LogP contribution < -0.4 is 5.32 Å². The molecule has 0 saturated carbocycles. The van der Waals surface area contributed by atoms with Crippen molar-refractivity contribution in [2.24, 2.45) is 0 Å². The summed E-state index contributed by atoms with van der Waals surface area (Å²) in [6.45, 7) is -0.469. The molecule has 1 atom stereocenters. The van der Waals surface area contributed by atoms with Gasteiger partial charge in [-0.2, -0.15) is 13.2 Å². The minimum absolute atomic E-state index is 0.00679. The highest BCUT2D eigenvalue weighted by Gasteiger charge is 2.41. The molecule has 1 saturated heterocycles. The summed E-state index contributed by atoms with van der Waals surface area (Å²) in [4.78, 5) is 47.5. The number of nitrogens with zero attached hydrogens (tertiary/aromatic N) is 1. The van der Waals surface area contributed by atoms with Crippen LogP contribution in [0.2, 0.25) is 0 Å². The minimum Gasteiger partial charge on any atom is -0.361 e. The maximum absolute atomic E-state index is 13.3. The number of alkyl halides is 3. The number of piperidine rings is 1. The first kappa shape index (κ1) is 20.5. The minimum atomic E-state index is -4.69. The number of benzene rings is 1. The largest absolute Gasteiger partial charge is 0.416 e. The van der Waals surface area contributed by atoms with E-state index in [0.717, 1.165) is 17.0 Å². The van der Waals surface area contributed by atoms with Gasteiger partial charge in [0.1, 0.15) is 25.5 Å². The summed E-state index contributed by atoms with van der Waals surface area (Å²) >= 11 is 0. The molecule has 2 aliphatic heterocycles. The fourth-order valence-corrected chi connectivity index (χ4v) is 3.23. The van der Waals surface area contributed by atoms with Crippen LogP contribution in [-0.4, -0.2) is 48.2 Å². The van der Waals surface area contributed by atoms with E-state index in [4.69, 9.17) is 4.74 Å². The second-order valence-corrected chi connectivity index (χ2v) is 6.43. The number of amides is 3. The molecule has 0 aromatic heterocycles. The number of hydrogen-bond acceptors (Lipinski definition) is 5. The molecule has 1 fully saturated rings. The quantitative estimate of drug-likeness (QED) is 0.348. The third kappa shape index (κ3) is 4.30. The summed E-state index contributed by atoms with van der Waals surface area (Å²) in [7, 11) is 0. The number of aldehydes is 1. The molecule has 7 nitrogen and oxygen atoms in total. The molecule has 2 heterocycles. The summed E-state index contributed by atoms with van der Waals surface area (Å²) in [5.74, 6) is 3.23. The van der Waals surface area contributed by atoms with E-state index in [-0.39, 0.29) is 49.3 Å². The first-order valence-electron chi connectivity index (χ1n) is 8.61. The summed E-state index contributed by atoms with van der Waals surface area (Å²) in [6.07, 6.45) is -4.05. The third-order valence-corrected chi connectivity index (χ3v) is 4.57. The molecule has 1 aromatic carbocycles. The number of hydrogen-bond donors (Lipinski definition) is 1. The number of fused-ring (bicyclic) bond motifs is 1. The van der Waals surface area contributed by atoms with Crippen molar-refractivity contribution in [1.82, 2.24) is 10.2 Å². The van der Waals surface area contributed by atoms with Crippen molar-refractivity contribution in [2.45, 2.75) is 31.6 Å². The molecular formula is C19H15F3N2O5. The topological polar surface area (TPSA) is 92.8 Å². The summed E-state index contributed by atoms with van der Waals surface area (Å²) in [5.41, 5.74) is -0.946. The van der Waals surface area contributed by atoms with Gasteiger partial charge in [-0.05, 0) is 24.1 Å². The molecule has 3 amide bonds. The molecule has 29 heavy (non-hydrogen) atoms. The van der Waals surface area contributed by atoms with Gasteiger partial charge in [0.05, 0.1) is 5.56 Å². The number of carbonyl (C=O) groups excluding carboxylic acids is 4. The van der Waals surface area contributed by atoms with Crippen LogP contribution in [0.15, 0.2) is 12.1 Å². The normalized spacial score (nSPS) is 18.8. The Labute approximate surface area is 163 Å². The van der Waals surface area contributed by atoms with Crippen molar-refractivity contribution in [3.63, 3.8) is 0 Å². The van der Waals surface area contributed by atoms with Gasteiger partial charge in [0, 0.05) is 24.1 Å². The van der Waals surface area contributed by atoms with Gasteiger partial charge < -0.3 is 14.4 Å². The van der Waals surface area contributed by atoms with E-state index in [1.807, 2.05) is 0 Å². The summed E-state index contributed by atoms with van der Waals surface area (Å²) in [6, 6.07) is 0.642. The monoisotopic (exact) mass is 408 g/mol. The molecule has 1 N–H and O–H groups in total. The predicted octanol–water partition coefficient (Wildman–Crippen LogP) is 1.03. The number of rotatable bonds is 4. The SMILES string of the molecule is O=CCOCC#Cc1cc(C(F)(F)F)cc2c1CN(C1CCC(=O)NC1=O)C2=O. The Kier molecular flexibility index (Phi) is 5.70. The van der Waals surface area contributed by atoms with Crippen molar-refractivity contribution >= 4 is 24.0 Å². The number of nitrogens with one attached hydrogen (secondary N) is 1. The molecule has 0 spiro atoms. The van der Waals surface area contributed by atoms with Gasteiger partial charge in [-0.3, -0.25) is 19.7 Å². The van der Waals surface area contributed by atoms with E-state index in [2.05, 4.69) is 17.2 Å². The van der Waals surface area contributed by atoms with Crippen molar-refractivity contribution in [3.8, 4) is 11.8 Å². The zero-order valence-electron chi connectivity index (χ0n) is 15.0. The zero-order valence-corrected chi connectivity index (χ0v) is 15.0. The van der Waals surface area contributed by atoms with E-state index in [1.165, 1.54) is 0 Å². The van der Waals surface area contributed by atoms with Gasteiger partial charge in [-0.25, -0.2) is 0 Å². The van der Waals surface area contributed by atoms with E-state index >= 15 is 0 Å². The summed E-state index contributed by atoms with van der Waals surface area (Å²) < 4.78 is 44.7. The Morgan fingerprint density at radius 2 is 2.03 bits per heavy atom. The van der Waals surface area contributed by atoms with Crippen molar-refractivity contribution in [2.75, 3.05) is 13.2 Å². The zero-order chi connectivity index (χ0) is 21.2. The second-order valence-electron chi connectivity index (χ2n) is 6.43. The van der Waals surface area contributed by atoms with Gasteiger partial charge in [0.15, 0.2) is 0 Å². The Balaban J connectivity index is 1.95. The lowest BCUT2D eigenvalue weighted by atomic mass is 9.99. The maximum atomic E-state index is 13.3. The molecule has 0 radical (unpaired) electrons. The van der Waals surface area contributed by atoms with Gasteiger partial charge in [-0.1, -0.05) is 11.8 Å². The third-order valence-electron chi connectivity index (χ3n) is 4.57. The van der Waals surface area contributed by atoms with Crippen LogP contribution >= 0.6 is 0 Å². The standard InChI is InChI=1S/C19H15F3N2O5/c20-19(21,22)12-8-11(2-1-6-29-7-5-25)14-10-24(18(28)13(14)9-12)15-3-4-16(26)23-17(15)27/h5,8-9,15H,3-4,6-7,10H2,(H,23,26,27). The molecule has 0 aliphatic carbocycles. The van der Waals surface area contributed by atoms with Gasteiger partial charge >= 0.3 is 6.18 Å². The lowest BCUT2D eigenvalue weighted by molar-refractivity contribution is -0.138. The van der Waals surface area contributed by atoms with Crippen LogP contribution in [0.4, 0.5) is 13.2 Å². The molecule has 3 rings (SSSR count). The lowest BCUT2D eigenvalue weighted by Crippen LogP contribution is -2.52. The molecular weight excluding hydrogens is 393 g/mol. The van der Waals surface area contributed by atoms with Gasteiger partial charge in [-0.15, -0.1) is 0 Å². The number of imide groups is 1. The van der Waals surface area contributed by atoms with Crippen molar-refractivity contribution in [1.29, 1.82) is 0 Å². The van der Waals surface area contributed by atoms with E-state index in [1.54, 1.807) is 0 Å².